The van der Waals surface area contributed by atoms with Crippen LogP contribution in [-0.2, 0) is 11.8 Å². The number of hydrogen-bond donors (Lipinski definition) is 1. The van der Waals surface area contributed by atoms with Gasteiger partial charge in [0.2, 0.25) is 0 Å². The zero-order valence-corrected chi connectivity index (χ0v) is 10.7. The van der Waals surface area contributed by atoms with Gasteiger partial charge in [-0.3, -0.25) is 14.4 Å². The average molecular weight is 264 g/mol. The standard InChI is InChI=1S/C13H16N2O4/c1-14-5-2-10(8-11(14)16)12(17)15-6-3-9(4-7-15)13(18)19/h2,5,8-9H,3-4,6-7H2,1H3,(H,18,19). The van der Waals surface area contributed by atoms with Gasteiger partial charge in [-0.05, 0) is 18.9 Å². The van der Waals surface area contributed by atoms with Crippen molar-refractivity contribution in [2.75, 3.05) is 13.1 Å². The van der Waals surface area contributed by atoms with E-state index in [0.29, 0.717) is 31.5 Å². The second-order valence-corrected chi connectivity index (χ2v) is 4.77. The number of aryl methyl sites for hydroxylation is 1. The first-order valence-electron chi connectivity index (χ1n) is 6.18. The molecule has 1 aliphatic rings. The van der Waals surface area contributed by atoms with Crippen LogP contribution in [0.5, 0.6) is 0 Å². The Morgan fingerprint density at radius 3 is 2.47 bits per heavy atom. The lowest BCUT2D eigenvalue weighted by atomic mass is 9.97. The summed E-state index contributed by atoms with van der Waals surface area (Å²) in [5.74, 6) is -1.38. The van der Waals surface area contributed by atoms with E-state index in [2.05, 4.69) is 0 Å². The molecule has 1 saturated heterocycles. The molecule has 1 amide bonds. The Kier molecular flexibility index (Phi) is 3.69. The van der Waals surface area contributed by atoms with E-state index < -0.39 is 5.97 Å². The first-order valence-corrected chi connectivity index (χ1v) is 6.18. The predicted octanol–water partition coefficient (Wildman–Crippen LogP) is 0.322. The molecule has 1 fully saturated rings. The van der Waals surface area contributed by atoms with Gasteiger partial charge in [0.25, 0.3) is 11.5 Å². The number of amides is 1. The molecule has 0 radical (unpaired) electrons. The van der Waals surface area contributed by atoms with Gasteiger partial charge in [0, 0.05) is 38.0 Å². The van der Waals surface area contributed by atoms with Gasteiger partial charge in [0.05, 0.1) is 5.92 Å². The molecule has 2 rings (SSSR count). The van der Waals surface area contributed by atoms with Crippen molar-refractivity contribution in [1.29, 1.82) is 0 Å². The number of nitrogens with zero attached hydrogens (tertiary/aromatic N) is 2. The molecule has 0 unspecified atom stereocenters. The number of piperidine rings is 1. The zero-order chi connectivity index (χ0) is 14.0. The number of pyridine rings is 1. The van der Waals surface area contributed by atoms with E-state index >= 15 is 0 Å². The maximum Gasteiger partial charge on any atom is 0.306 e. The van der Waals surface area contributed by atoms with E-state index in [1.54, 1.807) is 24.2 Å². The minimum absolute atomic E-state index is 0.207. The molecule has 6 heteroatoms. The van der Waals surface area contributed by atoms with Crippen LogP contribution in [0.25, 0.3) is 0 Å². The third-order valence-corrected chi connectivity index (χ3v) is 3.48. The first-order chi connectivity index (χ1) is 8.99. The number of carbonyl (C=O) groups is 2. The molecule has 0 aliphatic carbocycles. The molecular weight excluding hydrogens is 248 g/mol. The van der Waals surface area contributed by atoms with Crippen molar-refractivity contribution in [2.24, 2.45) is 13.0 Å². The number of likely N-dealkylation sites (tertiary alicyclic amines) is 1. The Bertz CT molecular complexity index is 556. The smallest absolute Gasteiger partial charge is 0.306 e. The summed E-state index contributed by atoms with van der Waals surface area (Å²) in [6, 6.07) is 2.92. The first kappa shape index (κ1) is 13.3. The summed E-state index contributed by atoms with van der Waals surface area (Å²) < 4.78 is 1.40. The lowest BCUT2D eigenvalue weighted by Crippen LogP contribution is -2.40. The molecule has 1 aromatic rings. The predicted molar refractivity (Wildman–Crippen MR) is 67.9 cm³/mol. The van der Waals surface area contributed by atoms with Crippen molar-refractivity contribution < 1.29 is 14.7 Å². The summed E-state index contributed by atoms with van der Waals surface area (Å²) >= 11 is 0. The fraction of sp³-hybridized carbons (Fsp3) is 0.462. The van der Waals surface area contributed by atoms with Crippen LogP contribution >= 0.6 is 0 Å². The number of aliphatic carboxylic acids is 1. The van der Waals surface area contributed by atoms with Crippen LogP contribution in [0.4, 0.5) is 0 Å². The van der Waals surface area contributed by atoms with E-state index in [-0.39, 0.29) is 17.4 Å². The van der Waals surface area contributed by atoms with Crippen LogP contribution in [0.2, 0.25) is 0 Å². The van der Waals surface area contributed by atoms with Gasteiger partial charge in [-0.1, -0.05) is 0 Å². The van der Waals surface area contributed by atoms with Gasteiger partial charge >= 0.3 is 5.97 Å². The molecule has 19 heavy (non-hydrogen) atoms. The summed E-state index contributed by atoms with van der Waals surface area (Å²) in [6.07, 6.45) is 2.48. The highest BCUT2D eigenvalue weighted by Crippen LogP contribution is 2.18. The normalized spacial score (nSPS) is 16.4. The quantitative estimate of drug-likeness (QED) is 0.834. The maximum atomic E-state index is 12.2. The van der Waals surface area contributed by atoms with Crippen molar-refractivity contribution in [3.8, 4) is 0 Å². The van der Waals surface area contributed by atoms with Gasteiger partial charge in [-0.25, -0.2) is 0 Å². The summed E-state index contributed by atoms with van der Waals surface area (Å²) in [5, 5.41) is 8.90. The molecular formula is C13H16N2O4. The SMILES string of the molecule is Cn1ccc(C(=O)N2CCC(C(=O)O)CC2)cc1=O. The topological polar surface area (TPSA) is 79.6 Å². The van der Waals surface area contributed by atoms with Gasteiger partial charge in [-0.2, -0.15) is 0 Å². The van der Waals surface area contributed by atoms with E-state index in [4.69, 9.17) is 5.11 Å². The number of carbonyl (C=O) groups excluding carboxylic acids is 1. The minimum Gasteiger partial charge on any atom is -0.481 e. The van der Waals surface area contributed by atoms with Crippen LogP contribution in [0, 0.1) is 5.92 Å². The van der Waals surface area contributed by atoms with Crippen LogP contribution in [0.3, 0.4) is 0 Å². The third kappa shape index (κ3) is 2.83. The highest BCUT2D eigenvalue weighted by atomic mass is 16.4. The van der Waals surface area contributed by atoms with E-state index in [1.165, 1.54) is 10.6 Å². The van der Waals surface area contributed by atoms with Gasteiger partial charge in [0.1, 0.15) is 0 Å². The fourth-order valence-corrected chi connectivity index (χ4v) is 2.19. The zero-order valence-electron chi connectivity index (χ0n) is 10.7. The second-order valence-electron chi connectivity index (χ2n) is 4.77. The van der Waals surface area contributed by atoms with Crippen molar-refractivity contribution in [2.45, 2.75) is 12.8 Å². The Labute approximate surface area is 110 Å². The Balaban J connectivity index is 2.07. The average Bonchev–Trinajstić information content (AvgIpc) is 2.41. The largest absolute Gasteiger partial charge is 0.481 e. The number of carboxylic acid groups (broad SMARTS) is 1. The highest BCUT2D eigenvalue weighted by molar-refractivity contribution is 5.94. The summed E-state index contributed by atoms with van der Waals surface area (Å²) in [6.45, 7) is 0.843. The number of aromatic nitrogens is 1. The van der Waals surface area contributed by atoms with Crippen LogP contribution in [0.15, 0.2) is 23.1 Å². The van der Waals surface area contributed by atoms with E-state index in [9.17, 15) is 14.4 Å². The van der Waals surface area contributed by atoms with Crippen molar-refractivity contribution in [3.63, 3.8) is 0 Å². The monoisotopic (exact) mass is 264 g/mol. The van der Waals surface area contributed by atoms with E-state index in [0.717, 1.165) is 0 Å². The molecule has 0 bridgehead atoms. The summed E-state index contributed by atoms with van der Waals surface area (Å²) in [5.41, 5.74) is 0.128. The van der Waals surface area contributed by atoms with Gasteiger partial charge < -0.3 is 14.6 Å². The second kappa shape index (κ2) is 5.26. The van der Waals surface area contributed by atoms with Gasteiger partial charge in [0.15, 0.2) is 0 Å². The lowest BCUT2D eigenvalue weighted by molar-refractivity contribution is -0.143. The van der Waals surface area contributed by atoms with Crippen LogP contribution in [-0.4, -0.2) is 39.5 Å². The fourth-order valence-electron chi connectivity index (χ4n) is 2.19. The molecule has 0 saturated carbocycles. The molecule has 1 aromatic heterocycles. The number of carboxylic acids is 1. The highest BCUT2D eigenvalue weighted by Gasteiger charge is 2.27. The molecule has 1 aliphatic heterocycles. The Morgan fingerprint density at radius 1 is 1.32 bits per heavy atom. The van der Waals surface area contributed by atoms with E-state index in [1.807, 2.05) is 0 Å². The lowest BCUT2D eigenvalue weighted by Gasteiger charge is -2.30. The van der Waals surface area contributed by atoms with Crippen molar-refractivity contribution in [3.05, 3.63) is 34.2 Å². The molecule has 1 N–H and O–H groups in total. The summed E-state index contributed by atoms with van der Waals surface area (Å²) in [4.78, 5) is 36.1. The molecule has 0 spiro atoms. The molecule has 2 heterocycles. The summed E-state index contributed by atoms with van der Waals surface area (Å²) in [7, 11) is 1.62. The Morgan fingerprint density at radius 2 is 1.95 bits per heavy atom. The third-order valence-electron chi connectivity index (χ3n) is 3.48. The van der Waals surface area contributed by atoms with Crippen LogP contribution < -0.4 is 5.56 Å². The minimum atomic E-state index is -0.805. The van der Waals surface area contributed by atoms with Crippen molar-refractivity contribution >= 4 is 11.9 Å². The molecule has 6 nitrogen and oxygen atoms in total. The van der Waals surface area contributed by atoms with Gasteiger partial charge in [-0.15, -0.1) is 0 Å². The molecule has 0 aromatic carbocycles. The molecule has 102 valence electrons. The number of hydrogen-bond acceptors (Lipinski definition) is 3. The maximum absolute atomic E-state index is 12.2. The Hall–Kier alpha value is -2.11. The van der Waals surface area contributed by atoms with Crippen molar-refractivity contribution in [1.82, 2.24) is 9.47 Å². The number of rotatable bonds is 2. The van der Waals surface area contributed by atoms with Crippen LogP contribution in [0.1, 0.15) is 23.2 Å². The molecule has 0 atom stereocenters.